The Morgan fingerprint density at radius 2 is 1.93 bits per heavy atom. The first-order chi connectivity index (χ1) is 7.35. The fraction of sp³-hybridized carbons (Fsp3) is 0.250. The lowest BCUT2D eigenvalue weighted by molar-refractivity contribution is 0.169. The Hall–Kier alpha value is -1.23. The summed E-state index contributed by atoms with van der Waals surface area (Å²) in [5.74, 6) is 0. The molecule has 1 aromatic heterocycles. The summed E-state index contributed by atoms with van der Waals surface area (Å²) in [5.41, 5.74) is 1.54. The molecule has 0 unspecified atom stereocenters. The van der Waals surface area contributed by atoms with Gasteiger partial charge in [-0.3, -0.25) is 0 Å². The van der Waals surface area contributed by atoms with Gasteiger partial charge in [-0.1, -0.05) is 17.0 Å². The molecule has 6 nitrogen and oxygen atoms in total. The molecule has 0 aliphatic heterocycles. The third kappa shape index (κ3) is 2.07. The van der Waals surface area contributed by atoms with Crippen LogP contribution >= 0.6 is 8.60 Å². The molecule has 2 aromatic rings. The van der Waals surface area contributed by atoms with E-state index >= 15 is 0 Å². The highest BCUT2D eigenvalue weighted by atomic mass is 31.2. The first kappa shape index (κ1) is 10.3. The molecule has 0 saturated heterocycles. The predicted octanol–water partition coefficient (Wildman–Crippen LogP) is 1.38. The Bertz CT molecular complexity index is 443. The number of hydrogen-bond acceptors (Lipinski definition) is 5. The van der Waals surface area contributed by atoms with Gasteiger partial charge in [0.25, 0.3) is 0 Å². The van der Waals surface area contributed by atoms with Gasteiger partial charge in [-0.15, -0.1) is 5.10 Å². The highest BCUT2D eigenvalue weighted by Crippen LogP contribution is 2.33. The molecule has 0 amide bonds. The van der Waals surface area contributed by atoms with Gasteiger partial charge >= 0.3 is 8.60 Å². The fourth-order valence-electron chi connectivity index (χ4n) is 1.11. The average Bonchev–Trinajstić information content (AvgIpc) is 2.69. The Kier molecular flexibility index (Phi) is 3.11. The maximum absolute atomic E-state index is 5.33. The monoisotopic (exact) mass is 227 g/mol. The van der Waals surface area contributed by atoms with Crippen molar-refractivity contribution in [2.75, 3.05) is 14.2 Å². The molecule has 15 heavy (non-hydrogen) atoms. The van der Waals surface area contributed by atoms with Crippen LogP contribution in [0.2, 0.25) is 0 Å². The van der Waals surface area contributed by atoms with Crippen molar-refractivity contribution in [1.82, 2.24) is 15.2 Å². The molecule has 1 aromatic carbocycles. The molecule has 0 aliphatic rings. The third-order valence-electron chi connectivity index (χ3n) is 1.76. The van der Waals surface area contributed by atoms with Crippen LogP contribution in [0.5, 0.6) is 0 Å². The summed E-state index contributed by atoms with van der Waals surface area (Å²) in [6.45, 7) is 0. The summed E-state index contributed by atoms with van der Waals surface area (Å²) in [5, 5.41) is 7.76. The molecule has 0 N–H and O–H groups in total. The van der Waals surface area contributed by atoms with Crippen molar-refractivity contribution in [3.05, 3.63) is 24.3 Å². The SMILES string of the molecule is COP(OC)On1nnc2ccccc21. The van der Waals surface area contributed by atoms with E-state index in [1.807, 2.05) is 24.3 Å². The third-order valence-corrected chi connectivity index (χ3v) is 2.65. The average molecular weight is 227 g/mol. The topological polar surface area (TPSA) is 58.4 Å². The van der Waals surface area contributed by atoms with Crippen LogP contribution in [0.15, 0.2) is 24.3 Å². The van der Waals surface area contributed by atoms with E-state index < -0.39 is 8.60 Å². The molecule has 0 aliphatic carbocycles. The minimum Gasteiger partial charge on any atom is -0.315 e. The van der Waals surface area contributed by atoms with Gasteiger partial charge in [0, 0.05) is 14.2 Å². The Morgan fingerprint density at radius 3 is 2.67 bits per heavy atom. The molecular formula is C8H10N3O3P. The molecule has 0 radical (unpaired) electrons. The van der Waals surface area contributed by atoms with E-state index in [1.165, 1.54) is 19.1 Å². The van der Waals surface area contributed by atoms with Crippen LogP contribution in [0.3, 0.4) is 0 Å². The van der Waals surface area contributed by atoms with E-state index in [0.29, 0.717) is 0 Å². The summed E-state index contributed by atoms with van der Waals surface area (Å²) >= 11 is 0. The van der Waals surface area contributed by atoms with E-state index in [4.69, 9.17) is 13.7 Å². The minimum absolute atomic E-state index is 0.764. The Balaban J connectivity index is 2.28. The Morgan fingerprint density at radius 1 is 1.20 bits per heavy atom. The molecule has 0 spiro atoms. The second-order valence-electron chi connectivity index (χ2n) is 2.62. The highest BCUT2D eigenvalue weighted by Gasteiger charge is 2.13. The summed E-state index contributed by atoms with van der Waals surface area (Å²) < 4.78 is 15.2. The second kappa shape index (κ2) is 4.53. The lowest BCUT2D eigenvalue weighted by Crippen LogP contribution is -2.09. The highest BCUT2D eigenvalue weighted by molar-refractivity contribution is 7.41. The van der Waals surface area contributed by atoms with Crippen molar-refractivity contribution >= 4 is 19.6 Å². The molecule has 0 bridgehead atoms. The van der Waals surface area contributed by atoms with Crippen LogP contribution in [0.25, 0.3) is 11.0 Å². The van der Waals surface area contributed by atoms with Gasteiger partial charge in [-0.2, -0.15) is 0 Å². The minimum atomic E-state index is -1.42. The standard InChI is InChI=1S/C8H10N3O3P/c1-12-15(13-2)14-11-8-6-4-3-5-7(8)9-10-11/h3-6H,1-2H3. The van der Waals surface area contributed by atoms with E-state index in [-0.39, 0.29) is 0 Å². The Labute approximate surface area is 87.7 Å². The zero-order chi connectivity index (χ0) is 10.7. The molecular weight excluding hydrogens is 217 g/mol. The van der Waals surface area contributed by atoms with Crippen LogP contribution in [0.4, 0.5) is 0 Å². The smallest absolute Gasteiger partial charge is 0.315 e. The largest absolute Gasteiger partial charge is 0.419 e. The second-order valence-corrected chi connectivity index (χ2v) is 3.96. The zero-order valence-electron chi connectivity index (χ0n) is 8.32. The van der Waals surface area contributed by atoms with E-state index in [1.54, 1.807) is 0 Å². The fourth-order valence-corrected chi connectivity index (χ4v) is 1.64. The van der Waals surface area contributed by atoms with Crippen LogP contribution in [0.1, 0.15) is 0 Å². The van der Waals surface area contributed by atoms with Crippen LogP contribution in [0, 0.1) is 0 Å². The van der Waals surface area contributed by atoms with Gasteiger partial charge in [-0.25, -0.2) is 0 Å². The summed E-state index contributed by atoms with van der Waals surface area (Å²) in [6, 6.07) is 7.47. The van der Waals surface area contributed by atoms with Crippen molar-refractivity contribution in [2.24, 2.45) is 0 Å². The lowest BCUT2D eigenvalue weighted by atomic mass is 10.3. The number of nitrogens with zero attached hydrogens (tertiary/aromatic N) is 3. The number of hydrogen-bond donors (Lipinski definition) is 0. The molecule has 0 fully saturated rings. The van der Waals surface area contributed by atoms with Crippen LogP contribution < -0.4 is 4.62 Å². The maximum atomic E-state index is 5.33. The normalized spacial score (nSPS) is 11.1. The first-order valence-electron chi connectivity index (χ1n) is 4.22. The molecule has 2 rings (SSSR count). The quantitative estimate of drug-likeness (QED) is 0.738. The lowest BCUT2D eigenvalue weighted by Gasteiger charge is -2.10. The maximum Gasteiger partial charge on any atom is 0.419 e. The van der Waals surface area contributed by atoms with Crippen molar-refractivity contribution in [3.63, 3.8) is 0 Å². The van der Waals surface area contributed by atoms with Crippen molar-refractivity contribution in [1.29, 1.82) is 0 Å². The number of aromatic nitrogens is 3. The molecule has 7 heteroatoms. The van der Waals surface area contributed by atoms with Gasteiger partial charge < -0.3 is 13.7 Å². The van der Waals surface area contributed by atoms with E-state index in [9.17, 15) is 0 Å². The van der Waals surface area contributed by atoms with E-state index in [0.717, 1.165) is 11.0 Å². The van der Waals surface area contributed by atoms with Crippen molar-refractivity contribution in [2.45, 2.75) is 0 Å². The number of rotatable bonds is 4. The zero-order valence-corrected chi connectivity index (χ0v) is 9.22. The van der Waals surface area contributed by atoms with E-state index in [2.05, 4.69) is 10.3 Å². The summed E-state index contributed by atoms with van der Waals surface area (Å²) in [4.78, 5) is 1.30. The molecule has 80 valence electrons. The number of para-hydroxylation sites is 1. The van der Waals surface area contributed by atoms with Gasteiger partial charge in [0.15, 0.2) is 0 Å². The van der Waals surface area contributed by atoms with Gasteiger partial charge in [0.2, 0.25) is 0 Å². The van der Waals surface area contributed by atoms with Crippen LogP contribution in [-0.4, -0.2) is 29.4 Å². The summed E-state index contributed by atoms with van der Waals surface area (Å²) in [6.07, 6.45) is 0. The number of benzene rings is 1. The van der Waals surface area contributed by atoms with Gasteiger partial charge in [0.05, 0.1) is 0 Å². The predicted molar refractivity (Wildman–Crippen MR) is 55.0 cm³/mol. The van der Waals surface area contributed by atoms with Gasteiger partial charge in [0.1, 0.15) is 11.0 Å². The van der Waals surface area contributed by atoms with Crippen molar-refractivity contribution in [3.8, 4) is 0 Å². The van der Waals surface area contributed by atoms with Crippen LogP contribution in [-0.2, 0) is 9.05 Å². The molecule has 1 heterocycles. The summed E-state index contributed by atoms with van der Waals surface area (Å²) in [7, 11) is 1.60. The molecule has 0 saturated carbocycles. The van der Waals surface area contributed by atoms with Gasteiger partial charge in [-0.05, 0) is 17.3 Å². The number of fused-ring (bicyclic) bond motifs is 1. The van der Waals surface area contributed by atoms with Crippen molar-refractivity contribution < 1.29 is 13.7 Å². The first-order valence-corrected chi connectivity index (χ1v) is 5.32. The molecule has 0 atom stereocenters.